The Bertz CT molecular complexity index is 1600. The first-order chi connectivity index (χ1) is 22.1. The Kier molecular flexibility index (Phi) is 7.58. The number of carbonyl (C=O) groups excluding carboxylic acids is 1. The highest BCUT2D eigenvalue weighted by atomic mass is 19.4. The maximum atomic E-state index is 14.0. The molecule has 14 heteroatoms. The molecule has 254 valence electrons. The van der Waals surface area contributed by atoms with E-state index in [1.165, 1.54) is 17.0 Å². The van der Waals surface area contributed by atoms with Gasteiger partial charge in [0.1, 0.15) is 11.6 Å². The lowest BCUT2D eigenvalue weighted by molar-refractivity contribution is -0.155. The number of carboxylic acid groups (broad SMARTS) is 1. The zero-order valence-electron chi connectivity index (χ0n) is 25.3. The summed E-state index contributed by atoms with van der Waals surface area (Å²) >= 11 is 0. The number of hydrogen-bond acceptors (Lipinski definition) is 5. The van der Waals surface area contributed by atoms with E-state index in [9.17, 15) is 45.4 Å². The Balaban J connectivity index is 1.07. The fraction of sp³-hybridized carbons (Fsp3) is 0.576. The number of carboxylic acids is 1. The molecule has 1 amide bonds. The van der Waals surface area contributed by atoms with Crippen molar-refractivity contribution in [3.8, 4) is 5.75 Å². The third-order valence-electron chi connectivity index (χ3n) is 11.0. The first-order valence-electron chi connectivity index (χ1n) is 15.7. The number of aromatic carboxylic acids is 1. The molecule has 47 heavy (non-hydrogen) atoms. The number of amides is 1. The van der Waals surface area contributed by atoms with Crippen molar-refractivity contribution < 1.29 is 54.9 Å². The molecular formula is C33H33F7N2O5. The molecule has 4 aliphatic heterocycles. The van der Waals surface area contributed by atoms with Crippen LogP contribution in [0.3, 0.4) is 0 Å². The van der Waals surface area contributed by atoms with Crippen molar-refractivity contribution in [1.82, 2.24) is 9.80 Å². The van der Waals surface area contributed by atoms with Crippen molar-refractivity contribution in [3.63, 3.8) is 0 Å². The van der Waals surface area contributed by atoms with Gasteiger partial charge in [-0.25, -0.2) is 9.18 Å². The molecule has 7 rings (SSSR count). The minimum Gasteiger partial charge on any atom is -0.478 e. The number of likely N-dealkylation sites (tertiary alicyclic amines) is 1. The van der Waals surface area contributed by atoms with E-state index >= 15 is 0 Å². The summed E-state index contributed by atoms with van der Waals surface area (Å²) < 4.78 is 109. The maximum absolute atomic E-state index is 14.0. The van der Waals surface area contributed by atoms with E-state index < -0.39 is 65.3 Å². The number of halogens is 7. The van der Waals surface area contributed by atoms with Crippen LogP contribution < -0.4 is 4.74 Å². The van der Waals surface area contributed by atoms with E-state index in [1.807, 2.05) is 0 Å². The molecular weight excluding hydrogens is 637 g/mol. The molecule has 4 heterocycles. The highest BCUT2D eigenvalue weighted by Crippen LogP contribution is 2.63. The predicted octanol–water partition coefficient (Wildman–Crippen LogP) is 6.86. The van der Waals surface area contributed by atoms with E-state index in [0.29, 0.717) is 45.0 Å². The molecule has 4 fully saturated rings. The van der Waals surface area contributed by atoms with Gasteiger partial charge in [0.2, 0.25) is 5.91 Å². The fourth-order valence-electron chi connectivity index (χ4n) is 8.63. The number of benzene rings is 2. The number of ether oxygens (including phenoxy) is 2. The Morgan fingerprint density at radius 3 is 2.47 bits per heavy atom. The largest absolute Gasteiger partial charge is 0.478 e. The minimum absolute atomic E-state index is 0.0316. The van der Waals surface area contributed by atoms with Crippen LogP contribution in [-0.2, 0) is 21.9 Å². The molecule has 0 bridgehead atoms. The summed E-state index contributed by atoms with van der Waals surface area (Å²) in [6.07, 6.45) is -7.69. The van der Waals surface area contributed by atoms with Crippen LogP contribution in [0.1, 0.15) is 83.6 Å². The molecule has 3 saturated heterocycles. The standard InChI is InChI=1S/C33H33F7N2O5/c1-16-13-41(7-5-20(16)17-2-3-26(34)22(8-17)30(44)45)19-4-6-31(47-14-19)12-27(43)42-15-46-29-23(28(42)21-11-24(21)31)9-18(32(35,36)37)10-25(29)33(38,39)40/h2-3,8-10,16,19-21,24,28H,4-7,11-15H2,1H3,(H,44,45)/t16?,19-,20+,21?,24?,28?,31-/m1/s1. The lowest BCUT2D eigenvalue weighted by Gasteiger charge is -2.47. The van der Waals surface area contributed by atoms with Gasteiger partial charge < -0.3 is 19.5 Å². The van der Waals surface area contributed by atoms with Crippen molar-refractivity contribution in [3.05, 3.63) is 64.0 Å². The van der Waals surface area contributed by atoms with Crippen LogP contribution in [0.5, 0.6) is 5.75 Å². The molecule has 0 aromatic heterocycles. The first kappa shape index (κ1) is 32.2. The molecule has 2 aromatic carbocycles. The Morgan fingerprint density at radius 1 is 1.06 bits per heavy atom. The van der Waals surface area contributed by atoms with Crippen molar-refractivity contribution >= 4 is 11.9 Å². The maximum Gasteiger partial charge on any atom is 0.419 e. The monoisotopic (exact) mass is 670 g/mol. The summed E-state index contributed by atoms with van der Waals surface area (Å²) in [4.78, 5) is 28.6. The minimum atomic E-state index is -5.08. The topological polar surface area (TPSA) is 79.3 Å². The van der Waals surface area contributed by atoms with Crippen molar-refractivity contribution in [2.75, 3.05) is 26.4 Å². The SMILES string of the molecule is CC1CN([C@@H]2CC[C@]3(CC(=O)N4COc5c(cc(C(F)(F)F)cc5C(F)(F)F)C4C4CC43)OC2)CC[C@@H]1c1ccc(F)c(C(=O)O)c1. The zero-order valence-corrected chi connectivity index (χ0v) is 25.3. The predicted molar refractivity (Wildman–Crippen MR) is 151 cm³/mol. The molecule has 7 atom stereocenters. The Labute approximate surface area is 265 Å². The van der Waals surface area contributed by atoms with Crippen LogP contribution in [0, 0.1) is 23.6 Å². The second kappa shape index (κ2) is 11.1. The highest BCUT2D eigenvalue weighted by molar-refractivity contribution is 5.88. The molecule has 1 aliphatic carbocycles. The molecule has 7 nitrogen and oxygen atoms in total. The number of rotatable bonds is 3. The number of nitrogens with zero attached hydrogens (tertiary/aromatic N) is 2. The number of carbonyl (C=O) groups is 2. The van der Waals surface area contributed by atoms with Gasteiger partial charge in [-0.05, 0) is 85.7 Å². The summed E-state index contributed by atoms with van der Waals surface area (Å²) in [5.41, 5.74) is -3.64. The Hall–Kier alpha value is -3.39. The fourth-order valence-corrected chi connectivity index (χ4v) is 8.63. The lowest BCUT2D eigenvalue weighted by atomic mass is 9.79. The van der Waals surface area contributed by atoms with Gasteiger partial charge in [-0.15, -0.1) is 0 Å². The zero-order chi connectivity index (χ0) is 33.6. The third-order valence-corrected chi connectivity index (χ3v) is 11.0. The van der Waals surface area contributed by atoms with E-state index in [4.69, 9.17) is 9.47 Å². The average molecular weight is 671 g/mol. The van der Waals surface area contributed by atoms with E-state index in [0.717, 1.165) is 12.0 Å². The van der Waals surface area contributed by atoms with Gasteiger partial charge in [0, 0.05) is 18.2 Å². The van der Waals surface area contributed by atoms with Gasteiger partial charge >= 0.3 is 18.3 Å². The summed E-state index contributed by atoms with van der Waals surface area (Å²) in [5.74, 6) is -3.56. The second-order valence-corrected chi connectivity index (χ2v) is 13.7. The lowest BCUT2D eigenvalue weighted by Crippen LogP contribution is -2.53. The van der Waals surface area contributed by atoms with Crippen molar-refractivity contribution in [2.45, 2.75) is 75.0 Å². The average Bonchev–Trinajstić information content (AvgIpc) is 3.81. The number of alkyl halides is 6. The number of piperidine rings is 1. The molecule has 0 radical (unpaired) electrons. The van der Waals surface area contributed by atoms with E-state index in [2.05, 4.69) is 11.8 Å². The van der Waals surface area contributed by atoms with Crippen LogP contribution in [0.2, 0.25) is 0 Å². The first-order valence-corrected chi connectivity index (χ1v) is 15.7. The summed E-state index contributed by atoms with van der Waals surface area (Å²) in [6.45, 7) is 3.30. The Morgan fingerprint density at radius 2 is 1.83 bits per heavy atom. The molecule has 5 aliphatic rings. The van der Waals surface area contributed by atoms with Gasteiger partial charge in [0.15, 0.2) is 6.73 Å². The molecule has 4 unspecified atom stereocenters. The summed E-state index contributed by atoms with van der Waals surface area (Å²) in [6, 6.07) is 4.05. The van der Waals surface area contributed by atoms with Gasteiger partial charge in [0.05, 0.1) is 41.4 Å². The van der Waals surface area contributed by atoms with Gasteiger partial charge in [-0.1, -0.05) is 13.0 Å². The normalized spacial score (nSPS) is 32.6. The van der Waals surface area contributed by atoms with E-state index in [-0.39, 0.29) is 53.3 Å². The van der Waals surface area contributed by atoms with Crippen LogP contribution in [0.4, 0.5) is 30.7 Å². The number of fused-ring (bicyclic) bond motifs is 6. The van der Waals surface area contributed by atoms with Crippen molar-refractivity contribution in [2.24, 2.45) is 17.8 Å². The van der Waals surface area contributed by atoms with E-state index in [1.54, 1.807) is 6.07 Å². The molecule has 1 N–H and O–H groups in total. The second-order valence-electron chi connectivity index (χ2n) is 13.7. The highest BCUT2D eigenvalue weighted by Gasteiger charge is 2.64. The van der Waals surface area contributed by atoms with Crippen LogP contribution >= 0.6 is 0 Å². The molecule has 1 spiro atoms. The van der Waals surface area contributed by atoms with Gasteiger partial charge in [-0.3, -0.25) is 9.69 Å². The van der Waals surface area contributed by atoms with Crippen LogP contribution in [0.25, 0.3) is 0 Å². The summed E-state index contributed by atoms with van der Waals surface area (Å²) in [5, 5.41) is 9.34. The van der Waals surface area contributed by atoms with Crippen molar-refractivity contribution in [1.29, 1.82) is 0 Å². The van der Waals surface area contributed by atoms with Gasteiger partial charge in [0.25, 0.3) is 0 Å². The molecule has 1 saturated carbocycles. The summed E-state index contributed by atoms with van der Waals surface area (Å²) in [7, 11) is 0. The van der Waals surface area contributed by atoms with Gasteiger partial charge in [-0.2, -0.15) is 26.3 Å². The quantitative estimate of drug-likeness (QED) is 0.360. The number of hydrogen-bond donors (Lipinski definition) is 1. The van der Waals surface area contributed by atoms with Crippen LogP contribution in [0.15, 0.2) is 30.3 Å². The molecule has 2 aromatic rings. The smallest absolute Gasteiger partial charge is 0.419 e. The third kappa shape index (κ3) is 5.54. The van der Waals surface area contributed by atoms with Crippen LogP contribution in [-0.4, -0.2) is 64.9 Å².